The minimum absolute atomic E-state index is 0.198. The van der Waals surface area contributed by atoms with Gasteiger partial charge in [-0.2, -0.15) is 5.26 Å². The summed E-state index contributed by atoms with van der Waals surface area (Å²) in [6.07, 6.45) is 5.69. The van der Waals surface area contributed by atoms with Crippen molar-refractivity contribution in [1.29, 1.82) is 5.26 Å². The molecule has 1 aromatic rings. The van der Waals surface area contributed by atoms with Crippen molar-refractivity contribution in [3.05, 3.63) is 30.1 Å². The maximum atomic E-state index is 8.98. The van der Waals surface area contributed by atoms with Gasteiger partial charge in [0.1, 0.15) is 0 Å². The van der Waals surface area contributed by atoms with E-state index in [1.54, 1.807) is 0 Å². The molecular formula is C15H23N3. The van der Waals surface area contributed by atoms with Crippen molar-refractivity contribution in [2.24, 2.45) is 5.41 Å². The molecule has 1 aromatic heterocycles. The van der Waals surface area contributed by atoms with E-state index in [1.807, 2.05) is 26.2 Å². The standard InChI is InChI=1S/C15H23N3/c1-4-18(11-5-8-15(2,3)13-16)12-14-6-9-17-10-7-14/h6-7,9-10H,4-5,8,11-12H2,1-3H3. The number of pyridine rings is 1. The summed E-state index contributed by atoms with van der Waals surface area (Å²) in [6.45, 7) is 9.24. The van der Waals surface area contributed by atoms with Crippen molar-refractivity contribution < 1.29 is 0 Å². The van der Waals surface area contributed by atoms with Crippen LogP contribution in [0.2, 0.25) is 0 Å². The van der Waals surface area contributed by atoms with Crippen LogP contribution in [0, 0.1) is 16.7 Å². The Morgan fingerprint density at radius 2 is 2.00 bits per heavy atom. The van der Waals surface area contributed by atoms with E-state index in [4.69, 9.17) is 5.26 Å². The highest BCUT2D eigenvalue weighted by atomic mass is 15.1. The minimum Gasteiger partial charge on any atom is -0.299 e. The zero-order chi connectivity index (χ0) is 13.4. The summed E-state index contributed by atoms with van der Waals surface area (Å²) >= 11 is 0. The molecule has 1 heterocycles. The lowest BCUT2D eigenvalue weighted by atomic mass is 9.90. The van der Waals surface area contributed by atoms with E-state index in [0.717, 1.165) is 32.5 Å². The van der Waals surface area contributed by atoms with Crippen LogP contribution in [-0.4, -0.2) is 23.0 Å². The summed E-state index contributed by atoms with van der Waals surface area (Å²) in [5.74, 6) is 0. The summed E-state index contributed by atoms with van der Waals surface area (Å²) in [5.41, 5.74) is 1.10. The third-order valence-corrected chi connectivity index (χ3v) is 3.18. The molecule has 1 rings (SSSR count). The van der Waals surface area contributed by atoms with Gasteiger partial charge in [-0.15, -0.1) is 0 Å². The van der Waals surface area contributed by atoms with Gasteiger partial charge in [-0.25, -0.2) is 0 Å². The van der Waals surface area contributed by atoms with Gasteiger partial charge in [0.25, 0.3) is 0 Å². The second-order valence-corrected chi connectivity index (χ2v) is 5.32. The van der Waals surface area contributed by atoms with E-state index < -0.39 is 0 Å². The van der Waals surface area contributed by atoms with E-state index in [1.165, 1.54) is 5.56 Å². The fraction of sp³-hybridized carbons (Fsp3) is 0.600. The number of nitrogens with zero attached hydrogens (tertiary/aromatic N) is 3. The highest BCUT2D eigenvalue weighted by molar-refractivity contribution is 5.09. The van der Waals surface area contributed by atoms with E-state index in [0.29, 0.717) is 0 Å². The van der Waals surface area contributed by atoms with Gasteiger partial charge in [0.2, 0.25) is 0 Å². The molecule has 0 aliphatic rings. The zero-order valence-electron chi connectivity index (χ0n) is 11.7. The first-order chi connectivity index (χ1) is 8.57. The third-order valence-electron chi connectivity index (χ3n) is 3.18. The highest BCUT2D eigenvalue weighted by Gasteiger charge is 2.16. The quantitative estimate of drug-likeness (QED) is 0.740. The average molecular weight is 245 g/mol. The van der Waals surface area contributed by atoms with Crippen molar-refractivity contribution in [3.8, 4) is 6.07 Å². The van der Waals surface area contributed by atoms with Gasteiger partial charge in [-0.05, 0) is 57.5 Å². The van der Waals surface area contributed by atoms with Gasteiger partial charge in [0.15, 0.2) is 0 Å². The lowest BCUT2D eigenvalue weighted by Crippen LogP contribution is -2.25. The molecule has 0 saturated carbocycles. The monoisotopic (exact) mass is 245 g/mol. The fourth-order valence-electron chi connectivity index (χ4n) is 1.90. The molecule has 0 aliphatic carbocycles. The van der Waals surface area contributed by atoms with Crippen LogP contribution >= 0.6 is 0 Å². The van der Waals surface area contributed by atoms with Gasteiger partial charge in [-0.1, -0.05) is 6.92 Å². The maximum Gasteiger partial charge on any atom is 0.0683 e. The van der Waals surface area contributed by atoms with Crippen LogP contribution in [0.15, 0.2) is 24.5 Å². The van der Waals surface area contributed by atoms with E-state index in [-0.39, 0.29) is 5.41 Å². The van der Waals surface area contributed by atoms with E-state index in [9.17, 15) is 0 Å². The molecule has 0 N–H and O–H groups in total. The number of hydrogen-bond acceptors (Lipinski definition) is 3. The summed E-state index contributed by atoms with van der Waals surface area (Å²) in [6, 6.07) is 6.47. The maximum absolute atomic E-state index is 8.98. The summed E-state index contributed by atoms with van der Waals surface area (Å²) in [4.78, 5) is 6.44. The first kappa shape index (κ1) is 14.7. The molecule has 0 radical (unpaired) electrons. The number of nitriles is 1. The predicted molar refractivity (Wildman–Crippen MR) is 73.8 cm³/mol. The Morgan fingerprint density at radius 3 is 2.56 bits per heavy atom. The molecule has 0 saturated heterocycles. The van der Waals surface area contributed by atoms with Crippen LogP contribution in [0.3, 0.4) is 0 Å². The largest absolute Gasteiger partial charge is 0.299 e. The summed E-state index contributed by atoms with van der Waals surface area (Å²) < 4.78 is 0. The minimum atomic E-state index is -0.198. The molecule has 0 fully saturated rings. The third kappa shape index (κ3) is 5.29. The Morgan fingerprint density at radius 1 is 1.33 bits per heavy atom. The van der Waals surface area contributed by atoms with Gasteiger partial charge >= 0.3 is 0 Å². The smallest absolute Gasteiger partial charge is 0.0683 e. The average Bonchev–Trinajstić information content (AvgIpc) is 2.38. The van der Waals surface area contributed by atoms with E-state index >= 15 is 0 Å². The van der Waals surface area contributed by atoms with Crippen molar-refractivity contribution in [2.75, 3.05) is 13.1 Å². The Bertz CT molecular complexity index is 378. The van der Waals surface area contributed by atoms with Crippen LogP contribution in [0.4, 0.5) is 0 Å². The molecule has 0 unspecified atom stereocenters. The van der Waals surface area contributed by atoms with E-state index in [2.05, 4.69) is 35.0 Å². The Balaban J connectivity index is 2.37. The van der Waals surface area contributed by atoms with Crippen LogP contribution in [-0.2, 0) is 6.54 Å². The number of hydrogen-bond donors (Lipinski definition) is 0. The van der Waals surface area contributed by atoms with Crippen LogP contribution in [0.5, 0.6) is 0 Å². The van der Waals surface area contributed by atoms with Gasteiger partial charge in [0, 0.05) is 18.9 Å². The van der Waals surface area contributed by atoms with Crippen molar-refractivity contribution in [2.45, 2.75) is 40.2 Å². The zero-order valence-corrected chi connectivity index (χ0v) is 11.7. The Hall–Kier alpha value is -1.40. The highest BCUT2D eigenvalue weighted by Crippen LogP contribution is 2.20. The molecule has 0 aliphatic heterocycles. The molecule has 18 heavy (non-hydrogen) atoms. The molecule has 0 bridgehead atoms. The number of rotatable bonds is 7. The van der Waals surface area contributed by atoms with Gasteiger partial charge < -0.3 is 0 Å². The number of aromatic nitrogens is 1. The molecule has 98 valence electrons. The van der Waals surface area contributed by atoms with Gasteiger partial charge in [-0.3, -0.25) is 9.88 Å². The van der Waals surface area contributed by atoms with Crippen molar-refractivity contribution in [3.63, 3.8) is 0 Å². The molecule has 0 atom stereocenters. The SMILES string of the molecule is CCN(CCCC(C)(C)C#N)Cc1ccncc1. The lowest BCUT2D eigenvalue weighted by molar-refractivity contribution is 0.260. The first-order valence-corrected chi connectivity index (χ1v) is 6.60. The first-order valence-electron chi connectivity index (χ1n) is 6.60. The van der Waals surface area contributed by atoms with Crippen LogP contribution < -0.4 is 0 Å². The molecule has 0 spiro atoms. The van der Waals surface area contributed by atoms with Crippen molar-refractivity contribution in [1.82, 2.24) is 9.88 Å². The van der Waals surface area contributed by atoms with Crippen LogP contribution in [0.25, 0.3) is 0 Å². The fourth-order valence-corrected chi connectivity index (χ4v) is 1.90. The topological polar surface area (TPSA) is 39.9 Å². The van der Waals surface area contributed by atoms with Gasteiger partial charge in [0.05, 0.1) is 11.5 Å². The molecule has 3 heteroatoms. The lowest BCUT2D eigenvalue weighted by Gasteiger charge is -2.22. The van der Waals surface area contributed by atoms with Crippen molar-refractivity contribution >= 4 is 0 Å². The second kappa shape index (κ2) is 7.13. The summed E-state index contributed by atoms with van der Waals surface area (Å²) in [7, 11) is 0. The molecule has 0 aromatic carbocycles. The predicted octanol–water partition coefficient (Wildman–Crippen LogP) is 3.23. The molecule has 0 amide bonds. The normalized spacial score (nSPS) is 11.5. The molecule has 3 nitrogen and oxygen atoms in total. The summed E-state index contributed by atoms with van der Waals surface area (Å²) in [5, 5.41) is 8.98. The Kier molecular flexibility index (Phi) is 5.80. The van der Waals surface area contributed by atoms with Crippen LogP contribution in [0.1, 0.15) is 39.2 Å². The second-order valence-electron chi connectivity index (χ2n) is 5.32. The molecular weight excluding hydrogens is 222 g/mol. The Labute approximate surface area is 110 Å².